The van der Waals surface area contributed by atoms with Gasteiger partial charge in [0.1, 0.15) is 12.4 Å². The highest BCUT2D eigenvalue weighted by molar-refractivity contribution is 5.23. The van der Waals surface area contributed by atoms with Gasteiger partial charge < -0.3 is 9.84 Å². The summed E-state index contributed by atoms with van der Waals surface area (Å²) in [7, 11) is 0. The van der Waals surface area contributed by atoms with Crippen LogP contribution in [-0.4, -0.2) is 27.3 Å². The monoisotopic (exact) mass is 284 g/mol. The van der Waals surface area contributed by atoms with E-state index in [1.165, 1.54) is 5.56 Å². The van der Waals surface area contributed by atoms with Gasteiger partial charge in [-0.2, -0.15) is 0 Å². The van der Waals surface area contributed by atoms with Crippen molar-refractivity contribution >= 4 is 0 Å². The molecule has 1 aromatic carbocycles. The third-order valence-corrected chi connectivity index (χ3v) is 4.01. The standard InChI is InChI=1S/C17H20N2O2/c1-12-7-15(10-16(12)20)21-17-9-14(18-11-19-17)8-13-5-3-2-4-6-13/h2-6,9,11-12,15-16,20H,7-8,10H2,1H3/t12-,15+,16-/m0/s1. The van der Waals surface area contributed by atoms with E-state index in [0.717, 1.165) is 18.5 Å². The minimum Gasteiger partial charge on any atom is -0.474 e. The number of benzene rings is 1. The van der Waals surface area contributed by atoms with Crippen molar-refractivity contribution in [1.82, 2.24) is 9.97 Å². The average molecular weight is 284 g/mol. The van der Waals surface area contributed by atoms with Crippen LogP contribution in [0.5, 0.6) is 5.88 Å². The van der Waals surface area contributed by atoms with Gasteiger partial charge in [0, 0.05) is 18.9 Å². The quantitative estimate of drug-likeness (QED) is 0.937. The Morgan fingerprint density at radius 1 is 1.19 bits per heavy atom. The highest BCUT2D eigenvalue weighted by Gasteiger charge is 2.31. The smallest absolute Gasteiger partial charge is 0.216 e. The van der Waals surface area contributed by atoms with Crippen molar-refractivity contribution in [3.05, 3.63) is 54.0 Å². The summed E-state index contributed by atoms with van der Waals surface area (Å²) in [4.78, 5) is 8.48. The van der Waals surface area contributed by atoms with Crippen LogP contribution in [0.2, 0.25) is 0 Å². The second-order valence-corrected chi connectivity index (χ2v) is 5.77. The molecule has 3 rings (SSSR count). The van der Waals surface area contributed by atoms with Crippen LogP contribution < -0.4 is 4.74 Å². The summed E-state index contributed by atoms with van der Waals surface area (Å²) >= 11 is 0. The number of hydrogen-bond donors (Lipinski definition) is 1. The van der Waals surface area contributed by atoms with Gasteiger partial charge in [-0.25, -0.2) is 9.97 Å². The van der Waals surface area contributed by atoms with Crippen molar-refractivity contribution < 1.29 is 9.84 Å². The van der Waals surface area contributed by atoms with E-state index < -0.39 is 0 Å². The van der Waals surface area contributed by atoms with Crippen LogP contribution in [0.4, 0.5) is 0 Å². The maximum absolute atomic E-state index is 9.78. The lowest BCUT2D eigenvalue weighted by molar-refractivity contribution is 0.128. The van der Waals surface area contributed by atoms with E-state index in [4.69, 9.17) is 4.74 Å². The third kappa shape index (κ3) is 3.58. The number of nitrogens with zero attached hydrogens (tertiary/aromatic N) is 2. The normalized spacial score (nSPS) is 25.0. The SMILES string of the molecule is C[C@H]1C[C@@H](Oc2cc(Cc3ccccc3)ncn2)C[C@@H]1O. The second-order valence-electron chi connectivity index (χ2n) is 5.77. The minimum absolute atomic E-state index is 0.0504. The maximum atomic E-state index is 9.78. The highest BCUT2D eigenvalue weighted by atomic mass is 16.5. The lowest BCUT2D eigenvalue weighted by Crippen LogP contribution is -2.14. The molecule has 1 N–H and O–H groups in total. The zero-order chi connectivity index (χ0) is 14.7. The Kier molecular flexibility index (Phi) is 4.15. The molecule has 0 spiro atoms. The number of aliphatic hydroxyl groups is 1. The molecule has 0 unspecified atom stereocenters. The first-order valence-corrected chi connectivity index (χ1v) is 7.40. The Bertz CT molecular complexity index is 578. The van der Waals surface area contributed by atoms with Crippen LogP contribution in [0.1, 0.15) is 31.0 Å². The molecule has 1 heterocycles. The molecule has 0 bridgehead atoms. The van der Waals surface area contributed by atoms with E-state index in [1.807, 2.05) is 24.3 Å². The van der Waals surface area contributed by atoms with Gasteiger partial charge in [0.25, 0.3) is 0 Å². The summed E-state index contributed by atoms with van der Waals surface area (Å²) in [5, 5.41) is 9.78. The molecule has 1 saturated carbocycles. The lowest BCUT2D eigenvalue weighted by atomic mass is 10.1. The van der Waals surface area contributed by atoms with E-state index in [9.17, 15) is 5.11 Å². The fraction of sp³-hybridized carbons (Fsp3) is 0.412. The molecular formula is C17H20N2O2. The van der Waals surface area contributed by atoms with Crippen LogP contribution in [-0.2, 0) is 6.42 Å². The topological polar surface area (TPSA) is 55.2 Å². The van der Waals surface area contributed by atoms with Crippen LogP contribution in [0.3, 0.4) is 0 Å². The number of ether oxygens (including phenoxy) is 1. The Balaban J connectivity index is 1.66. The lowest BCUT2D eigenvalue weighted by Gasteiger charge is -2.12. The predicted octanol–water partition coefficient (Wildman–Crippen LogP) is 2.61. The van der Waals surface area contributed by atoms with Gasteiger partial charge in [0.05, 0.1) is 11.8 Å². The molecule has 1 aliphatic rings. The predicted molar refractivity (Wildman–Crippen MR) is 80.1 cm³/mol. The zero-order valence-electron chi connectivity index (χ0n) is 12.1. The van der Waals surface area contributed by atoms with Crippen molar-refractivity contribution in [3.8, 4) is 5.88 Å². The molecule has 1 fully saturated rings. The Labute approximate surface area is 124 Å². The molecular weight excluding hydrogens is 264 g/mol. The summed E-state index contributed by atoms with van der Waals surface area (Å²) in [6.07, 6.45) is 3.65. The zero-order valence-corrected chi connectivity index (χ0v) is 12.1. The van der Waals surface area contributed by atoms with Crippen molar-refractivity contribution in [1.29, 1.82) is 0 Å². The van der Waals surface area contributed by atoms with Gasteiger partial charge in [-0.3, -0.25) is 0 Å². The molecule has 3 atom stereocenters. The number of rotatable bonds is 4. The average Bonchev–Trinajstić information content (AvgIpc) is 2.78. The second kappa shape index (κ2) is 6.22. The summed E-state index contributed by atoms with van der Waals surface area (Å²) in [5.41, 5.74) is 2.16. The third-order valence-electron chi connectivity index (χ3n) is 4.01. The highest BCUT2D eigenvalue weighted by Crippen LogP contribution is 2.28. The molecule has 1 aromatic heterocycles. The van der Waals surface area contributed by atoms with Gasteiger partial charge in [-0.1, -0.05) is 37.3 Å². The Hall–Kier alpha value is -1.94. The summed E-state index contributed by atoms with van der Waals surface area (Å²) in [6, 6.07) is 12.1. The molecule has 0 saturated heterocycles. The van der Waals surface area contributed by atoms with Crippen molar-refractivity contribution in [2.45, 2.75) is 38.4 Å². The summed E-state index contributed by atoms with van der Waals surface area (Å²) in [6.45, 7) is 2.05. The first-order valence-electron chi connectivity index (χ1n) is 7.40. The molecule has 0 aliphatic heterocycles. The largest absolute Gasteiger partial charge is 0.474 e. The van der Waals surface area contributed by atoms with Gasteiger partial charge in [0.15, 0.2) is 0 Å². The van der Waals surface area contributed by atoms with Gasteiger partial charge in [-0.15, -0.1) is 0 Å². The minimum atomic E-state index is -0.263. The van der Waals surface area contributed by atoms with Gasteiger partial charge in [-0.05, 0) is 17.9 Å². The number of aromatic nitrogens is 2. The molecule has 1 aliphatic carbocycles. The van der Waals surface area contributed by atoms with E-state index in [1.54, 1.807) is 6.33 Å². The first-order chi connectivity index (χ1) is 10.2. The first kappa shape index (κ1) is 14.0. The molecule has 4 nitrogen and oxygen atoms in total. The van der Waals surface area contributed by atoms with Crippen LogP contribution >= 0.6 is 0 Å². The van der Waals surface area contributed by atoms with Gasteiger partial charge in [0.2, 0.25) is 5.88 Å². The molecule has 0 amide bonds. The Morgan fingerprint density at radius 2 is 2.00 bits per heavy atom. The van der Waals surface area contributed by atoms with E-state index in [2.05, 4.69) is 29.0 Å². The fourth-order valence-electron chi connectivity index (χ4n) is 2.78. The van der Waals surface area contributed by atoms with Crippen molar-refractivity contribution in [3.63, 3.8) is 0 Å². The van der Waals surface area contributed by atoms with Crippen molar-refractivity contribution in [2.75, 3.05) is 0 Å². The molecule has 21 heavy (non-hydrogen) atoms. The molecule has 110 valence electrons. The van der Waals surface area contributed by atoms with Crippen LogP contribution in [0.15, 0.2) is 42.7 Å². The van der Waals surface area contributed by atoms with Crippen molar-refractivity contribution in [2.24, 2.45) is 5.92 Å². The van der Waals surface area contributed by atoms with Crippen LogP contribution in [0.25, 0.3) is 0 Å². The molecule has 2 aromatic rings. The van der Waals surface area contributed by atoms with E-state index in [-0.39, 0.29) is 12.2 Å². The van der Waals surface area contributed by atoms with Crippen LogP contribution in [0, 0.1) is 5.92 Å². The number of aliphatic hydroxyl groups excluding tert-OH is 1. The molecule has 4 heteroatoms. The van der Waals surface area contributed by atoms with E-state index >= 15 is 0 Å². The maximum Gasteiger partial charge on any atom is 0.216 e. The summed E-state index contributed by atoms with van der Waals surface area (Å²) < 4.78 is 5.88. The summed E-state index contributed by atoms with van der Waals surface area (Å²) in [5.74, 6) is 0.892. The number of hydrogen-bond acceptors (Lipinski definition) is 4. The Morgan fingerprint density at radius 3 is 2.71 bits per heavy atom. The van der Waals surface area contributed by atoms with E-state index in [0.29, 0.717) is 18.2 Å². The molecule has 0 radical (unpaired) electrons. The van der Waals surface area contributed by atoms with Gasteiger partial charge >= 0.3 is 0 Å². The fourth-order valence-corrected chi connectivity index (χ4v) is 2.78.